The van der Waals surface area contributed by atoms with Crippen molar-refractivity contribution in [1.29, 1.82) is 0 Å². The lowest BCUT2D eigenvalue weighted by Crippen LogP contribution is -2.38. The lowest BCUT2D eigenvalue weighted by atomic mass is 10.2. The fourth-order valence-electron chi connectivity index (χ4n) is 2.21. The molecule has 7 nitrogen and oxygen atoms in total. The number of ether oxygens (including phenoxy) is 2. The van der Waals surface area contributed by atoms with Gasteiger partial charge in [0, 0.05) is 39.7 Å². The van der Waals surface area contributed by atoms with Gasteiger partial charge in [-0.2, -0.15) is 0 Å². The highest BCUT2D eigenvalue weighted by atomic mass is 127. The summed E-state index contributed by atoms with van der Waals surface area (Å²) >= 11 is 1.64. The van der Waals surface area contributed by atoms with Crippen LogP contribution in [0.15, 0.2) is 10.4 Å². The zero-order chi connectivity index (χ0) is 16.5. The molecule has 1 unspecified atom stereocenters. The zero-order valence-corrected chi connectivity index (χ0v) is 17.7. The number of anilines is 1. The van der Waals surface area contributed by atoms with Crippen molar-refractivity contribution in [3.8, 4) is 0 Å². The van der Waals surface area contributed by atoms with Gasteiger partial charge in [0.05, 0.1) is 31.6 Å². The Balaban J connectivity index is 0.00000288. The van der Waals surface area contributed by atoms with Crippen LogP contribution in [0.25, 0.3) is 0 Å². The van der Waals surface area contributed by atoms with Crippen molar-refractivity contribution in [2.45, 2.75) is 25.5 Å². The van der Waals surface area contributed by atoms with Crippen LogP contribution in [0, 0.1) is 0 Å². The maximum atomic E-state index is 5.62. The van der Waals surface area contributed by atoms with Crippen molar-refractivity contribution in [2.75, 3.05) is 52.4 Å². The highest BCUT2D eigenvalue weighted by Gasteiger charge is 2.14. The molecule has 1 saturated heterocycles. The van der Waals surface area contributed by atoms with Crippen molar-refractivity contribution in [1.82, 2.24) is 15.6 Å². The second-order valence-electron chi connectivity index (χ2n) is 5.58. The van der Waals surface area contributed by atoms with E-state index in [-0.39, 0.29) is 30.1 Å². The first-order valence-corrected chi connectivity index (χ1v) is 8.82. The maximum absolute atomic E-state index is 5.62. The molecule has 2 N–H and O–H groups in total. The number of aliphatic imine (C=N–C) groups is 1. The van der Waals surface area contributed by atoms with Crippen LogP contribution in [0.3, 0.4) is 0 Å². The van der Waals surface area contributed by atoms with Crippen molar-refractivity contribution in [3.05, 3.63) is 11.1 Å². The number of hydrogen-bond acceptors (Lipinski definition) is 6. The van der Waals surface area contributed by atoms with Crippen molar-refractivity contribution in [3.63, 3.8) is 0 Å². The number of guanidine groups is 1. The highest BCUT2D eigenvalue weighted by molar-refractivity contribution is 14.0. The Bertz CT molecular complexity index is 492. The Labute approximate surface area is 165 Å². The van der Waals surface area contributed by atoms with Gasteiger partial charge in [-0.25, -0.2) is 4.98 Å². The quantitative estimate of drug-likeness (QED) is 0.262. The van der Waals surface area contributed by atoms with E-state index in [1.165, 1.54) is 0 Å². The molecule has 1 aliphatic heterocycles. The summed E-state index contributed by atoms with van der Waals surface area (Å²) < 4.78 is 11.1. The number of aromatic nitrogens is 1. The average Bonchev–Trinajstić information content (AvgIpc) is 3.21. The molecule has 1 atom stereocenters. The number of nitrogens with zero attached hydrogens (tertiary/aromatic N) is 3. The van der Waals surface area contributed by atoms with Crippen LogP contribution in [0.1, 0.15) is 18.5 Å². The highest BCUT2D eigenvalue weighted by Crippen LogP contribution is 2.17. The first-order valence-electron chi connectivity index (χ1n) is 7.94. The Morgan fingerprint density at radius 1 is 1.50 bits per heavy atom. The fourth-order valence-corrected chi connectivity index (χ4v) is 2.97. The van der Waals surface area contributed by atoms with E-state index in [1.807, 2.05) is 19.0 Å². The molecule has 9 heteroatoms. The minimum atomic E-state index is 0. The van der Waals surface area contributed by atoms with Gasteiger partial charge in [-0.05, 0) is 12.8 Å². The predicted molar refractivity (Wildman–Crippen MR) is 110 cm³/mol. The molecule has 0 saturated carbocycles. The minimum Gasteiger partial charge on any atom is -0.377 e. The summed E-state index contributed by atoms with van der Waals surface area (Å²) in [6.07, 6.45) is 2.54. The number of thiazole rings is 1. The Morgan fingerprint density at radius 3 is 2.96 bits per heavy atom. The summed E-state index contributed by atoms with van der Waals surface area (Å²) in [6, 6.07) is 0. The lowest BCUT2D eigenvalue weighted by Gasteiger charge is -2.13. The van der Waals surface area contributed by atoms with E-state index in [0.717, 1.165) is 36.2 Å². The molecule has 0 spiro atoms. The molecule has 138 valence electrons. The normalized spacial score (nSPS) is 17.5. The molecular weight excluding hydrogens is 441 g/mol. The largest absolute Gasteiger partial charge is 0.377 e. The predicted octanol–water partition coefficient (Wildman–Crippen LogP) is 1.69. The summed E-state index contributed by atoms with van der Waals surface area (Å²) in [6.45, 7) is 3.56. The van der Waals surface area contributed by atoms with Crippen molar-refractivity contribution in [2.24, 2.45) is 4.99 Å². The molecular formula is C15H28IN5O2S. The first-order chi connectivity index (χ1) is 11.2. The van der Waals surface area contributed by atoms with Crippen LogP contribution in [0.5, 0.6) is 0 Å². The standard InChI is InChI=1S/C15H27N5O2S.HI/c1-16-14(17-6-8-21-10-13-5-4-7-22-13)18-9-12-11-23-15(19-12)20(2)3;/h11,13H,4-10H2,1-3H3,(H2,16,17,18);1H. The zero-order valence-electron chi connectivity index (χ0n) is 14.6. The molecule has 0 radical (unpaired) electrons. The summed E-state index contributed by atoms with van der Waals surface area (Å²) in [5, 5.41) is 9.55. The molecule has 1 aliphatic rings. The van der Waals surface area contributed by atoms with Crippen molar-refractivity contribution >= 4 is 46.4 Å². The van der Waals surface area contributed by atoms with Gasteiger partial charge in [0.25, 0.3) is 0 Å². The molecule has 0 aromatic carbocycles. The van der Waals surface area contributed by atoms with Gasteiger partial charge in [-0.1, -0.05) is 0 Å². The number of rotatable bonds is 8. The van der Waals surface area contributed by atoms with Crippen LogP contribution in [0.4, 0.5) is 5.13 Å². The number of nitrogens with one attached hydrogen (secondary N) is 2. The van der Waals surface area contributed by atoms with Crippen LogP contribution >= 0.6 is 35.3 Å². The fraction of sp³-hybridized carbons (Fsp3) is 0.733. The number of halogens is 1. The minimum absolute atomic E-state index is 0. The lowest BCUT2D eigenvalue weighted by molar-refractivity contribution is 0.0191. The third-order valence-corrected chi connectivity index (χ3v) is 4.51. The van der Waals surface area contributed by atoms with Gasteiger partial charge in [-0.3, -0.25) is 4.99 Å². The van der Waals surface area contributed by atoms with E-state index in [4.69, 9.17) is 9.47 Å². The number of hydrogen-bond donors (Lipinski definition) is 2. The van der Waals surface area contributed by atoms with Gasteiger partial charge in [-0.15, -0.1) is 35.3 Å². The molecule has 1 fully saturated rings. The van der Waals surface area contributed by atoms with E-state index < -0.39 is 0 Å². The molecule has 0 amide bonds. The van der Waals surface area contributed by atoms with Crippen LogP contribution < -0.4 is 15.5 Å². The summed E-state index contributed by atoms with van der Waals surface area (Å²) in [5.41, 5.74) is 1.01. The smallest absolute Gasteiger partial charge is 0.191 e. The summed E-state index contributed by atoms with van der Waals surface area (Å²) in [5.74, 6) is 0.755. The Morgan fingerprint density at radius 2 is 2.33 bits per heavy atom. The van der Waals surface area contributed by atoms with Crippen molar-refractivity contribution < 1.29 is 9.47 Å². The third kappa shape index (κ3) is 7.49. The second kappa shape index (κ2) is 11.8. The van der Waals surface area contributed by atoms with E-state index in [0.29, 0.717) is 26.3 Å². The van der Waals surface area contributed by atoms with Gasteiger partial charge < -0.3 is 25.0 Å². The maximum Gasteiger partial charge on any atom is 0.191 e. The molecule has 2 rings (SSSR count). The van der Waals surface area contributed by atoms with Gasteiger partial charge >= 0.3 is 0 Å². The SMILES string of the molecule is CN=C(NCCOCC1CCCO1)NCc1csc(N(C)C)n1.I. The molecule has 0 bridgehead atoms. The molecule has 0 aliphatic carbocycles. The van der Waals surface area contributed by atoms with Crippen LogP contribution in [-0.4, -0.2) is 64.6 Å². The molecule has 24 heavy (non-hydrogen) atoms. The van der Waals surface area contributed by atoms with E-state index in [9.17, 15) is 0 Å². The summed E-state index contributed by atoms with van der Waals surface area (Å²) in [4.78, 5) is 10.7. The second-order valence-corrected chi connectivity index (χ2v) is 6.41. The monoisotopic (exact) mass is 469 g/mol. The molecule has 1 aromatic rings. The van der Waals surface area contributed by atoms with E-state index in [2.05, 4.69) is 26.0 Å². The summed E-state index contributed by atoms with van der Waals surface area (Å²) in [7, 11) is 5.75. The van der Waals surface area contributed by atoms with Gasteiger partial charge in [0.1, 0.15) is 0 Å². The topological polar surface area (TPSA) is 71.0 Å². The van der Waals surface area contributed by atoms with Crippen LogP contribution in [0.2, 0.25) is 0 Å². The average molecular weight is 469 g/mol. The van der Waals surface area contributed by atoms with Gasteiger partial charge in [0.15, 0.2) is 11.1 Å². The van der Waals surface area contributed by atoms with E-state index >= 15 is 0 Å². The van der Waals surface area contributed by atoms with Crippen LogP contribution in [-0.2, 0) is 16.0 Å². The molecule has 1 aromatic heterocycles. The molecule has 2 heterocycles. The first kappa shape index (κ1) is 21.4. The van der Waals surface area contributed by atoms with E-state index in [1.54, 1.807) is 18.4 Å². The third-order valence-electron chi connectivity index (χ3n) is 3.45. The Hall–Kier alpha value is -0.650. The van der Waals surface area contributed by atoms with Gasteiger partial charge in [0.2, 0.25) is 0 Å². The Kier molecular flexibility index (Phi) is 10.5.